The Kier molecular flexibility index (Phi) is 4.11. The highest BCUT2D eigenvalue weighted by molar-refractivity contribution is 5.98. The summed E-state index contributed by atoms with van der Waals surface area (Å²) in [6.07, 6.45) is 2.64. The highest BCUT2D eigenvalue weighted by Crippen LogP contribution is 2.27. The van der Waals surface area contributed by atoms with Gasteiger partial charge in [-0.05, 0) is 49.4 Å². The molecular weight excluding hydrogens is 285 g/mol. The third-order valence-electron chi connectivity index (χ3n) is 4.55. The number of nitrogens with zero attached hydrogens (tertiary/aromatic N) is 1. The Balaban J connectivity index is 1.80. The number of halogens is 1. The van der Waals surface area contributed by atoms with Crippen molar-refractivity contribution in [2.45, 2.75) is 25.7 Å². The molecule has 3 rings (SSSR count). The number of nitrogens with two attached hydrogens (primary N) is 1. The average molecular weight is 305 g/mol. The summed E-state index contributed by atoms with van der Waals surface area (Å²) in [4.78, 5) is 25.6. The van der Waals surface area contributed by atoms with Crippen molar-refractivity contribution >= 4 is 17.5 Å². The van der Waals surface area contributed by atoms with E-state index in [0.717, 1.165) is 18.4 Å². The zero-order valence-electron chi connectivity index (χ0n) is 12.4. The van der Waals surface area contributed by atoms with Gasteiger partial charge in [0.15, 0.2) is 0 Å². The lowest BCUT2D eigenvalue weighted by molar-refractivity contribution is -0.116. The highest BCUT2D eigenvalue weighted by atomic mass is 19.1. The van der Waals surface area contributed by atoms with E-state index in [1.54, 1.807) is 11.0 Å². The number of carbonyl (C=O) groups is 2. The van der Waals surface area contributed by atoms with Gasteiger partial charge in [-0.1, -0.05) is 0 Å². The molecule has 1 saturated heterocycles. The van der Waals surface area contributed by atoms with Crippen molar-refractivity contribution in [2.24, 2.45) is 11.7 Å². The number of hydrogen-bond acceptors (Lipinski definition) is 3. The molecule has 0 atom stereocenters. The van der Waals surface area contributed by atoms with Crippen LogP contribution in [0.25, 0.3) is 0 Å². The van der Waals surface area contributed by atoms with Crippen molar-refractivity contribution in [3.05, 3.63) is 29.1 Å². The topological polar surface area (TPSA) is 75.4 Å². The Bertz CT molecular complexity index is 610. The van der Waals surface area contributed by atoms with Crippen LogP contribution in [0.15, 0.2) is 12.1 Å². The van der Waals surface area contributed by atoms with Gasteiger partial charge in [-0.15, -0.1) is 0 Å². The smallest absolute Gasteiger partial charge is 0.256 e. The second-order valence-corrected chi connectivity index (χ2v) is 6.01. The Hall–Kier alpha value is -1.95. The van der Waals surface area contributed by atoms with Crippen molar-refractivity contribution < 1.29 is 14.0 Å². The minimum Gasteiger partial charge on any atom is -0.339 e. The van der Waals surface area contributed by atoms with Crippen LogP contribution in [0.3, 0.4) is 0 Å². The highest BCUT2D eigenvalue weighted by Gasteiger charge is 2.26. The number of rotatable bonds is 2. The molecule has 1 aromatic rings. The van der Waals surface area contributed by atoms with Crippen LogP contribution in [0.5, 0.6) is 0 Å². The number of aryl methyl sites for hydroxylation is 1. The molecule has 0 spiro atoms. The van der Waals surface area contributed by atoms with E-state index < -0.39 is 5.82 Å². The predicted molar refractivity (Wildman–Crippen MR) is 81.0 cm³/mol. The monoisotopic (exact) mass is 305 g/mol. The summed E-state index contributed by atoms with van der Waals surface area (Å²) in [6, 6.07) is 2.84. The van der Waals surface area contributed by atoms with Crippen LogP contribution in [-0.2, 0) is 11.2 Å². The third kappa shape index (κ3) is 2.83. The van der Waals surface area contributed by atoms with Gasteiger partial charge in [0.25, 0.3) is 5.91 Å². The van der Waals surface area contributed by atoms with Gasteiger partial charge < -0.3 is 16.0 Å². The molecule has 0 radical (unpaired) electrons. The van der Waals surface area contributed by atoms with Gasteiger partial charge in [0.05, 0.1) is 5.56 Å². The number of fused-ring (bicyclic) bond motifs is 1. The normalized spacial score (nSPS) is 18.8. The molecule has 3 N–H and O–H groups in total. The summed E-state index contributed by atoms with van der Waals surface area (Å²) >= 11 is 0. The van der Waals surface area contributed by atoms with Crippen LogP contribution < -0.4 is 11.1 Å². The van der Waals surface area contributed by atoms with E-state index in [4.69, 9.17) is 5.73 Å². The van der Waals surface area contributed by atoms with Crippen LogP contribution in [0.4, 0.5) is 10.1 Å². The second-order valence-electron chi connectivity index (χ2n) is 6.01. The lowest BCUT2D eigenvalue weighted by Crippen LogP contribution is -2.40. The standard InChI is InChI=1S/C16H20FN3O2/c17-13-8-14-11(1-2-15(21)19-14)7-12(13)16(22)20-5-3-10(9-18)4-6-20/h7-8,10H,1-6,9,18H2,(H,19,21). The lowest BCUT2D eigenvalue weighted by Gasteiger charge is -2.31. The molecule has 2 aliphatic heterocycles. The summed E-state index contributed by atoms with van der Waals surface area (Å²) in [5, 5.41) is 2.64. The number of benzene rings is 1. The quantitative estimate of drug-likeness (QED) is 0.870. The van der Waals surface area contributed by atoms with Gasteiger partial charge >= 0.3 is 0 Å². The first-order valence-corrected chi connectivity index (χ1v) is 7.70. The SMILES string of the molecule is NCC1CCN(C(=O)c2cc3c(cc2F)NC(=O)CC3)CC1. The molecular formula is C16H20FN3O2. The minimum absolute atomic E-state index is 0.0982. The minimum atomic E-state index is -0.577. The second kappa shape index (κ2) is 6.04. The molecule has 5 nitrogen and oxygen atoms in total. The molecule has 0 aromatic heterocycles. The predicted octanol–water partition coefficient (Wildman–Crippen LogP) is 1.52. The molecule has 0 aliphatic carbocycles. The number of nitrogens with one attached hydrogen (secondary N) is 1. The molecule has 1 aromatic carbocycles. The maximum atomic E-state index is 14.2. The third-order valence-corrected chi connectivity index (χ3v) is 4.55. The number of amides is 2. The molecule has 2 aliphatic rings. The van der Waals surface area contributed by atoms with E-state index in [1.165, 1.54) is 6.07 Å². The number of carbonyl (C=O) groups excluding carboxylic acids is 2. The van der Waals surface area contributed by atoms with Crippen LogP contribution in [0.1, 0.15) is 35.2 Å². The largest absolute Gasteiger partial charge is 0.339 e. The summed E-state index contributed by atoms with van der Waals surface area (Å²) in [7, 11) is 0. The van der Waals surface area contributed by atoms with Crippen LogP contribution in [-0.4, -0.2) is 36.3 Å². The number of anilines is 1. The van der Waals surface area contributed by atoms with Gasteiger partial charge in [0, 0.05) is 25.2 Å². The van der Waals surface area contributed by atoms with E-state index in [1.807, 2.05) is 0 Å². The van der Waals surface area contributed by atoms with Gasteiger partial charge in [-0.3, -0.25) is 9.59 Å². The molecule has 2 amide bonds. The van der Waals surface area contributed by atoms with Gasteiger partial charge in [0.2, 0.25) is 5.91 Å². The Labute approximate surface area is 128 Å². The number of hydrogen-bond donors (Lipinski definition) is 2. The summed E-state index contributed by atoms with van der Waals surface area (Å²) in [5.74, 6) is -0.512. The molecule has 1 fully saturated rings. The number of likely N-dealkylation sites (tertiary alicyclic amines) is 1. The number of piperidine rings is 1. The summed E-state index contributed by atoms with van der Waals surface area (Å²) in [5.41, 5.74) is 7.05. The fourth-order valence-corrected chi connectivity index (χ4v) is 3.11. The van der Waals surface area contributed by atoms with Gasteiger partial charge in [-0.25, -0.2) is 4.39 Å². The van der Waals surface area contributed by atoms with E-state index in [-0.39, 0.29) is 17.4 Å². The fraction of sp³-hybridized carbons (Fsp3) is 0.500. The first-order valence-electron chi connectivity index (χ1n) is 7.70. The van der Waals surface area contributed by atoms with E-state index >= 15 is 0 Å². The van der Waals surface area contributed by atoms with Crippen molar-refractivity contribution in [1.82, 2.24) is 4.90 Å². The molecule has 118 valence electrons. The summed E-state index contributed by atoms with van der Waals surface area (Å²) in [6.45, 7) is 1.87. The van der Waals surface area contributed by atoms with Crippen molar-refractivity contribution in [3.63, 3.8) is 0 Å². The molecule has 0 unspecified atom stereocenters. The Morgan fingerprint density at radius 2 is 2.05 bits per heavy atom. The summed E-state index contributed by atoms with van der Waals surface area (Å²) < 4.78 is 14.2. The van der Waals surface area contributed by atoms with E-state index in [9.17, 15) is 14.0 Å². The van der Waals surface area contributed by atoms with E-state index in [2.05, 4.69) is 5.32 Å². The van der Waals surface area contributed by atoms with Gasteiger partial charge in [0.1, 0.15) is 5.82 Å². The molecule has 0 bridgehead atoms. The molecule has 22 heavy (non-hydrogen) atoms. The first-order chi connectivity index (χ1) is 10.6. The molecule has 0 saturated carbocycles. The zero-order chi connectivity index (χ0) is 15.7. The molecule has 2 heterocycles. The van der Waals surface area contributed by atoms with Crippen molar-refractivity contribution in [2.75, 3.05) is 25.0 Å². The molecule has 6 heteroatoms. The van der Waals surface area contributed by atoms with Crippen LogP contribution in [0.2, 0.25) is 0 Å². The van der Waals surface area contributed by atoms with Crippen molar-refractivity contribution in [1.29, 1.82) is 0 Å². The Morgan fingerprint density at radius 1 is 1.32 bits per heavy atom. The van der Waals surface area contributed by atoms with Gasteiger partial charge in [-0.2, -0.15) is 0 Å². The van der Waals surface area contributed by atoms with Crippen molar-refractivity contribution in [3.8, 4) is 0 Å². The zero-order valence-corrected chi connectivity index (χ0v) is 12.4. The maximum absolute atomic E-state index is 14.2. The lowest BCUT2D eigenvalue weighted by atomic mass is 9.95. The van der Waals surface area contributed by atoms with Crippen LogP contribution in [0, 0.1) is 11.7 Å². The Morgan fingerprint density at radius 3 is 2.73 bits per heavy atom. The van der Waals surface area contributed by atoms with Crippen LogP contribution >= 0.6 is 0 Å². The maximum Gasteiger partial charge on any atom is 0.256 e. The first kappa shape index (κ1) is 15.0. The fourth-order valence-electron chi connectivity index (χ4n) is 3.11. The van der Waals surface area contributed by atoms with E-state index in [0.29, 0.717) is 44.1 Å². The average Bonchev–Trinajstić information content (AvgIpc) is 2.53.